The molecule has 1 aromatic rings. The van der Waals surface area contributed by atoms with Gasteiger partial charge in [0.1, 0.15) is 11.7 Å². The average molecular weight is 294 g/mol. The molecule has 2 nitrogen and oxygen atoms in total. The summed E-state index contributed by atoms with van der Waals surface area (Å²) in [6, 6.07) is 5.93. The number of halogens is 4. The maximum absolute atomic E-state index is 13.4. The topological polar surface area (TPSA) is 29.3 Å². The highest BCUT2D eigenvalue weighted by molar-refractivity contribution is 7.80. The maximum atomic E-state index is 13.4. The molecule has 7 heteroatoms. The number of alkyl halides is 3. The zero-order chi connectivity index (χ0) is 14.6. The van der Waals surface area contributed by atoms with Crippen molar-refractivity contribution in [1.29, 1.82) is 0 Å². The van der Waals surface area contributed by atoms with Crippen LogP contribution in [0.1, 0.15) is 5.56 Å². The van der Waals surface area contributed by atoms with E-state index in [1.54, 1.807) is 6.07 Å². The minimum Gasteiger partial charge on any atom is -0.393 e. The lowest BCUT2D eigenvalue weighted by Crippen LogP contribution is -2.42. The molecule has 0 aliphatic rings. The van der Waals surface area contributed by atoms with E-state index in [0.717, 1.165) is 0 Å². The van der Waals surface area contributed by atoms with Crippen LogP contribution in [0.3, 0.4) is 0 Å². The fourth-order valence-corrected chi connectivity index (χ4v) is 1.86. The third-order valence-electron chi connectivity index (χ3n) is 2.63. The van der Waals surface area contributed by atoms with Gasteiger partial charge in [-0.25, -0.2) is 4.39 Å². The zero-order valence-electron chi connectivity index (χ0n) is 10.2. The molecule has 0 aliphatic heterocycles. The number of hydrogen-bond acceptors (Lipinski definition) is 2. The summed E-state index contributed by atoms with van der Waals surface area (Å²) in [6.07, 6.45) is -4.49. The van der Waals surface area contributed by atoms with Gasteiger partial charge in [0.05, 0.1) is 4.99 Å². The number of thiocarbonyl (C=S) groups is 1. The highest BCUT2D eigenvalue weighted by Crippen LogP contribution is 2.27. The first-order valence-electron chi connectivity index (χ1n) is 5.49. The Labute approximate surface area is 114 Å². The summed E-state index contributed by atoms with van der Waals surface area (Å²) >= 11 is 4.43. The normalized spacial score (nSPS) is 13.6. The molecule has 0 radical (unpaired) electrons. The second-order valence-corrected chi connectivity index (χ2v) is 4.76. The summed E-state index contributed by atoms with van der Waals surface area (Å²) in [6.45, 7) is -0.338. The van der Waals surface area contributed by atoms with Crippen molar-refractivity contribution in [3.05, 3.63) is 35.6 Å². The van der Waals surface area contributed by atoms with E-state index >= 15 is 0 Å². The minimum atomic E-state index is -4.49. The van der Waals surface area contributed by atoms with Crippen LogP contribution in [0.2, 0.25) is 0 Å². The van der Waals surface area contributed by atoms with Crippen molar-refractivity contribution in [1.82, 2.24) is 4.90 Å². The van der Waals surface area contributed by atoms with E-state index in [0.29, 0.717) is 5.56 Å². The molecule has 1 rings (SSSR count). The molecule has 1 unspecified atom stereocenters. The van der Waals surface area contributed by atoms with Gasteiger partial charge in [0.15, 0.2) is 0 Å². The van der Waals surface area contributed by atoms with Gasteiger partial charge in [-0.15, -0.1) is 0 Å². The van der Waals surface area contributed by atoms with Crippen LogP contribution >= 0.6 is 12.2 Å². The van der Waals surface area contributed by atoms with Gasteiger partial charge in [0.2, 0.25) is 0 Å². The summed E-state index contributed by atoms with van der Waals surface area (Å²) < 4.78 is 51.4. The van der Waals surface area contributed by atoms with Gasteiger partial charge in [-0.1, -0.05) is 30.4 Å². The number of rotatable bonds is 5. The molecule has 0 saturated carbocycles. The first kappa shape index (κ1) is 15.8. The first-order chi connectivity index (χ1) is 8.71. The van der Waals surface area contributed by atoms with Gasteiger partial charge in [-0.05, 0) is 13.1 Å². The quantitative estimate of drug-likeness (QED) is 0.669. The maximum Gasteiger partial charge on any atom is 0.399 e. The summed E-state index contributed by atoms with van der Waals surface area (Å²) in [5, 5.41) is 0. The van der Waals surface area contributed by atoms with Crippen LogP contribution < -0.4 is 5.73 Å². The van der Waals surface area contributed by atoms with E-state index < -0.39 is 29.4 Å². The van der Waals surface area contributed by atoms with Crippen LogP contribution in [0.4, 0.5) is 17.6 Å². The highest BCUT2D eigenvalue weighted by Gasteiger charge is 2.42. The molecule has 2 N–H and O–H groups in total. The smallest absolute Gasteiger partial charge is 0.393 e. The van der Waals surface area contributed by atoms with Crippen LogP contribution in [0.25, 0.3) is 0 Å². The van der Waals surface area contributed by atoms with E-state index in [9.17, 15) is 17.6 Å². The van der Waals surface area contributed by atoms with Crippen LogP contribution in [0, 0.1) is 11.7 Å². The van der Waals surface area contributed by atoms with Gasteiger partial charge in [-0.3, -0.25) is 0 Å². The lowest BCUT2D eigenvalue weighted by atomic mass is 10.1. The van der Waals surface area contributed by atoms with Crippen molar-refractivity contribution >= 4 is 17.2 Å². The average Bonchev–Trinajstić information content (AvgIpc) is 2.27. The van der Waals surface area contributed by atoms with Crippen LogP contribution in [0.15, 0.2) is 24.3 Å². The predicted octanol–water partition coefficient (Wildman–Crippen LogP) is 2.72. The van der Waals surface area contributed by atoms with Gasteiger partial charge >= 0.3 is 6.18 Å². The number of nitrogens with zero attached hydrogens (tertiary/aromatic N) is 1. The van der Waals surface area contributed by atoms with Crippen molar-refractivity contribution in [2.75, 3.05) is 13.6 Å². The molecule has 0 fully saturated rings. The van der Waals surface area contributed by atoms with Crippen molar-refractivity contribution in [3.63, 3.8) is 0 Å². The van der Waals surface area contributed by atoms with Crippen LogP contribution in [-0.4, -0.2) is 29.7 Å². The number of hydrogen-bond donors (Lipinski definition) is 1. The molecule has 0 amide bonds. The van der Waals surface area contributed by atoms with Gasteiger partial charge < -0.3 is 10.6 Å². The monoisotopic (exact) mass is 294 g/mol. The Hall–Kier alpha value is -1.21. The Bertz CT molecular complexity index is 448. The Morgan fingerprint density at radius 3 is 2.42 bits per heavy atom. The third kappa shape index (κ3) is 4.76. The summed E-state index contributed by atoms with van der Waals surface area (Å²) in [7, 11) is 1.46. The minimum absolute atomic E-state index is 0.0574. The molecular formula is C12H14F4N2S. The molecule has 0 aromatic heterocycles. The van der Waals surface area contributed by atoms with Crippen molar-refractivity contribution in [2.24, 2.45) is 11.7 Å². The fraction of sp³-hybridized carbons (Fsp3) is 0.417. The molecular weight excluding hydrogens is 280 g/mol. The number of benzene rings is 1. The Morgan fingerprint density at radius 2 is 1.95 bits per heavy atom. The van der Waals surface area contributed by atoms with Crippen molar-refractivity contribution in [2.45, 2.75) is 12.7 Å². The van der Waals surface area contributed by atoms with Gasteiger partial charge in [-0.2, -0.15) is 13.2 Å². The Balaban J connectivity index is 2.71. The Kier molecular flexibility index (Phi) is 5.25. The Morgan fingerprint density at radius 1 is 1.37 bits per heavy atom. The summed E-state index contributed by atoms with van der Waals surface area (Å²) in [4.78, 5) is 0.739. The summed E-state index contributed by atoms with van der Waals surface area (Å²) in [5.41, 5.74) is 5.43. The zero-order valence-corrected chi connectivity index (χ0v) is 11.1. The molecule has 1 aromatic carbocycles. The fourth-order valence-electron chi connectivity index (χ4n) is 1.65. The second-order valence-electron chi connectivity index (χ2n) is 4.28. The largest absolute Gasteiger partial charge is 0.399 e. The molecule has 19 heavy (non-hydrogen) atoms. The lowest BCUT2D eigenvalue weighted by Gasteiger charge is -2.25. The second kappa shape index (κ2) is 6.29. The first-order valence-corrected chi connectivity index (χ1v) is 5.90. The van der Waals surface area contributed by atoms with Gasteiger partial charge in [0, 0.05) is 18.7 Å². The molecule has 0 saturated heterocycles. The van der Waals surface area contributed by atoms with Crippen molar-refractivity contribution in [3.8, 4) is 0 Å². The molecule has 0 aliphatic carbocycles. The molecule has 0 heterocycles. The molecule has 106 valence electrons. The van der Waals surface area contributed by atoms with E-state index in [-0.39, 0.29) is 6.54 Å². The molecule has 1 atom stereocenters. The lowest BCUT2D eigenvalue weighted by molar-refractivity contribution is -0.158. The van der Waals surface area contributed by atoms with E-state index in [1.165, 1.54) is 30.1 Å². The number of nitrogens with two attached hydrogens (primary N) is 1. The van der Waals surface area contributed by atoms with Crippen molar-refractivity contribution < 1.29 is 17.6 Å². The van der Waals surface area contributed by atoms with E-state index in [1.807, 2.05) is 0 Å². The van der Waals surface area contributed by atoms with Gasteiger partial charge in [0.25, 0.3) is 0 Å². The van der Waals surface area contributed by atoms with E-state index in [2.05, 4.69) is 12.2 Å². The van der Waals surface area contributed by atoms with Crippen LogP contribution in [-0.2, 0) is 6.54 Å². The van der Waals surface area contributed by atoms with E-state index in [4.69, 9.17) is 5.73 Å². The molecule has 0 bridgehead atoms. The highest BCUT2D eigenvalue weighted by atomic mass is 32.1. The third-order valence-corrected chi connectivity index (χ3v) is 2.92. The predicted molar refractivity (Wildman–Crippen MR) is 69.1 cm³/mol. The summed E-state index contributed by atoms with van der Waals surface area (Å²) in [5.74, 6) is -2.34. The SMILES string of the molecule is CN(Cc1ccccc1F)CC(C(N)=S)C(F)(F)F. The standard InChI is InChI=1S/C12H14F4N2S/c1-18(6-8-4-2-3-5-10(8)13)7-9(11(17)19)12(14,15)16/h2-5,9H,6-7H2,1H3,(H2,17,19). The van der Waals surface area contributed by atoms with Crippen LogP contribution in [0.5, 0.6) is 0 Å². The molecule has 0 spiro atoms.